The molecule has 0 radical (unpaired) electrons. The average Bonchev–Trinajstić information content (AvgIpc) is 3.30. The van der Waals surface area contributed by atoms with Crippen LogP contribution in [0.1, 0.15) is 44.1 Å². The molecule has 1 aliphatic heterocycles. The lowest BCUT2D eigenvalue weighted by atomic mass is 10.2. The van der Waals surface area contributed by atoms with Crippen molar-refractivity contribution in [2.75, 3.05) is 31.1 Å². The number of aryl methyl sites for hydroxylation is 1. The molecule has 3 rings (SSSR count). The first-order chi connectivity index (χ1) is 10.0. The Labute approximate surface area is 126 Å². The minimum absolute atomic E-state index is 0.324. The number of carbonyl (C=O) groups is 1. The maximum atomic E-state index is 12.1. The molecule has 5 nitrogen and oxygen atoms in total. The predicted molar refractivity (Wildman–Crippen MR) is 82.4 cm³/mol. The van der Waals surface area contributed by atoms with Crippen molar-refractivity contribution in [1.82, 2.24) is 14.9 Å². The molecule has 2 aliphatic rings. The topological polar surface area (TPSA) is 49.3 Å². The van der Waals surface area contributed by atoms with Crippen molar-refractivity contribution in [2.24, 2.45) is 5.92 Å². The number of piperazine rings is 1. The van der Waals surface area contributed by atoms with Gasteiger partial charge in [0.05, 0.1) is 0 Å². The molecule has 1 amide bonds. The number of hydrogen-bond donors (Lipinski definition) is 0. The Morgan fingerprint density at radius 3 is 2.43 bits per heavy atom. The van der Waals surface area contributed by atoms with Gasteiger partial charge in [-0.15, -0.1) is 0 Å². The summed E-state index contributed by atoms with van der Waals surface area (Å²) in [7, 11) is 0. The van der Waals surface area contributed by atoms with Crippen LogP contribution in [-0.4, -0.2) is 47.0 Å². The number of rotatable bonds is 3. The summed E-state index contributed by atoms with van der Waals surface area (Å²) in [4.78, 5) is 25.6. The lowest BCUT2D eigenvalue weighted by molar-refractivity contribution is -0.132. The Hall–Kier alpha value is -1.65. The third kappa shape index (κ3) is 3.17. The van der Waals surface area contributed by atoms with Crippen LogP contribution in [0.5, 0.6) is 0 Å². The second-order valence-electron chi connectivity index (χ2n) is 6.47. The van der Waals surface area contributed by atoms with Gasteiger partial charge in [0.2, 0.25) is 5.91 Å². The van der Waals surface area contributed by atoms with Gasteiger partial charge in [-0.2, -0.15) is 0 Å². The van der Waals surface area contributed by atoms with E-state index >= 15 is 0 Å². The molecule has 1 aliphatic carbocycles. The normalized spacial score (nSPS) is 19.2. The zero-order valence-electron chi connectivity index (χ0n) is 13.2. The van der Waals surface area contributed by atoms with Crippen LogP contribution < -0.4 is 4.90 Å². The minimum Gasteiger partial charge on any atom is -0.353 e. The Kier molecular flexibility index (Phi) is 3.83. The van der Waals surface area contributed by atoms with Crippen molar-refractivity contribution < 1.29 is 4.79 Å². The zero-order valence-corrected chi connectivity index (χ0v) is 13.2. The largest absolute Gasteiger partial charge is 0.353 e. The number of carbonyl (C=O) groups excluding carboxylic acids is 1. The molecule has 0 N–H and O–H groups in total. The van der Waals surface area contributed by atoms with Gasteiger partial charge in [0, 0.05) is 49.8 Å². The molecule has 1 aromatic rings. The van der Waals surface area contributed by atoms with Crippen molar-refractivity contribution in [2.45, 2.75) is 39.5 Å². The molecule has 0 atom stereocenters. The molecule has 0 aromatic carbocycles. The van der Waals surface area contributed by atoms with Gasteiger partial charge in [-0.3, -0.25) is 4.79 Å². The molecule has 2 fully saturated rings. The number of nitrogens with zero attached hydrogens (tertiary/aromatic N) is 4. The van der Waals surface area contributed by atoms with E-state index in [1.54, 1.807) is 0 Å². The smallest absolute Gasteiger partial charge is 0.225 e. The molecule has 0 bridgehead atoms. The van der Waals surface area contributed by atoms with E-state index in [2.05, 4.69) is 28.7 Å². The fraction of sp³-hybridized carbons (Fsp3) is 0.688. The summed E-state index contributed by atoms with van der Waals surface area (Å²) in [5.74, 6) is 2.93. The SMILES string of the molecule is Cc1cc(N2CCN(C(=O)C3CC3)CC2)nc(C(C)C)n1. The van der Waals surface area contributed by atoms with Crippen molar-refractivity contribution in [3.63, 3.8) is 0 Å². The van der Waals surface area contributed by atoms with E-state index in [1.807, 2.05) is 17.9 Å². The third-order valence-corrected chi connectivity index (χ3v) is 4.22. The maximum absolute atomic E-state index is 12.1. The van der Waals surface area contributed by atoms with Gasteiger partial charge in [-0.1, -0.05) is 13.8 Å². The predicted octanol–water partition coefficient (Wildman–Crippen LogP) is 1.97. The van der Waals surface area contributed by atoms with E-state index in [1.165, 1.54) is 0 Å². The van der Waals surface area contributed by atoms with Crippen LogP contribution in [0, 0.1) is 12.8 Å². The molecule has 0 spiro atoms. The Bertz CT molecular complexity index is 531. The Morgan fingerprint density at radius 2 is 1.86 bits per heavy atom. The summed E-state index contributed by atoms with van der Waals surface area (Å²) in [5.41, 5.74) is 1.01. The molecule has 1 saturated carbocycles. The van der Waals surface area contributed by atoms with E-state index in [-0.39, 0.29) is 0 Å². The summed E-state index contributed by atoms with van der Waals surface area (Å²) in [6.07, 6.45) is 2.17. The summed E-state index contributed by atoms with van der Waals surface area (Å²) in [6.45, 7) is 9.61. The lowest BCUT2D eigenvalue weighted by Gasteiger charge is -2.35. The van der Waals surface area contributed by atoms with Gasteiger partial charge in [0.25, 0.3) is 0 Å². The van der Waals surface area contributed by atoms with Crippen LogP contribution >= 0.6 is 0 Å². The van der Waals surface area contributed by atoms with E-state index < -0.39 is 0 Å². The average molecular weight is 288 g/mol. The van der Waals surface area contributed by atoms with Gasteiger partial charge in [-0.05, 0) is 19.8 Å². The van der Waals surface area contributed by atoms with Crippen LogP contribution in [-0.2, 0) is 4.79 Å². The van der Waals surface area contributed by atoms with Crippen LogP contribution in [0.2, 0.25) is 0 Å². The van der Waals surface area contributed by atoms with Crippen molar-refractivity contribution in [3.05, 3.63) is 17.6 Å². The minimum atomic E-state index is 0.324. The van der Waals surface area contributed by atoms with Crippen LogP contribution in [0.4, 0.5) is 5.82 Å². The number of hydrogen-bond acceptors (Lipinski definition) is 4. The fourth-order valence-electron chi connectivity index (χ4n) is 2.74. The monoisotopic (exact) mass is 288 g/mol. The van der Waals surface area contributed by atoms with Gasteiger partial charge >= 0.3 is 0 Å². The molecule has 1 saturated heterocycles. The highest BCUT2D eigenvalue weighted by Gasteiger charge is 2.34. The summed E-state index contributed by atoms with van der Waals surface area (Å²) in [6, 6.07) is 2.05. The van der Waals surface area contributed by atoms with E-state index in [4.69, 9.17) is 0 Å². The zero-order chi connectivity index (χ0) is 15.0. The van der Waals surface area contributed by atoms with Gasteiger partial charge in [0.15, 0.2) is 0 Å². The van der Waals surface area contributed by atoms with E-state index in [0.717, 1.165) is 56.4 Å². The molecule has 21 heavy (non-hydrogen) atoms. The Balaban J connectivity index is 1.67. The van der Waals surface area contributed by atoms with E-state index in [9.17, 15) is 4.79 Å². The molecule has 2 heterocycles. The highest BCUT2D eigenvalue weighted by Crippen LogP contribution is 2.31. The molecule has 5 heteroatoms. The maximum Gasteiger partial charge on any atom is 0.225 e. The lowest BCUT2D eigenvalue weighted by Crippen LogP contribution is -2.49. The van der Waals surface area contributed by atoms with Crippen LogP contribution in [0.25, 0.3) is 0 Å². The highest BCUT2D eigenvalue weighted by molar-refractivity contribution is 5.81. The first-order valence-electron chi connectivity index (χ1n) is 7.94. The van der Waals surface area contributed by atoms with Crippen molar-refractivity contribution >= 4 is 11.7 Å². The van der Waals surface area contributed by atoms with Gasteiger partial charge in [0.1, 0.15) is 11.6 Å². The third-order valence-electron chi connectivity index (χ3n) is 4.22. The van der Waals surface area contributed by atoms with Crippen molar-refractivity contribution in [1.29, 1.82) is 0 Å². The summed E-state index contributed by atoms with van der Waals surface area (Å²) >= 11 is 0. The quantitative estimate of drug-likeness (QED) is 0.853. The summed E-state index contributed by atoms with van der Waals surface area (Å²) < 4.78 is 0. The molecular weight excluding hydrogens is 264 g/mol. The van der Waals surface area contributed by atoms with E-state index in [0.29, 0.717) is 17.7 Å². The molecular formula is C16H24N4O. The highest BCUT2D eigenvalue weighted by atomic mass is 16.2. The van der Waals surface area contributed by atoms with Crippen molar-refractivity contribution in [3.8, 4) is 0 Å². The summed E-state index contributed by atoms with van der Waals surface area (Å²) in [5, 5.41) is 0. The Morgan fingerprint density at radius 1 is 1.19 bits per heavy atom. The fourth-order valence-corrected chi connectivity index (χ4v) is 2.74. The molecule has 1 aromatic heterocycles. The molecule has 0 unspecified atom stereocenters. The molecule has 114 valence electrons. The first kappa shape index (κ1) is 14.3. The standard InChI is InChI=1S/C16H24N4O/c1-11(2)15-17-12(3)10-14(18-15)19-6-8-20(9-7-19)16(21)13-4-5-13/h10-11,13H,4-9H2,1-3H3. The van der Waals surface area contributed by atoms with Gasteiger partial charge in [-0.25, -0.2) is 9.97 Å². The van der Waals surface area contributed by atoms with Gasteiger partial charge < -0.3 is 9.80 Å². The number of aromatic nitrogens is 2. The van der Waals surface area contributed by atoms with Crippen LogP contribution in [0.15, 0.2) is 6.07 Å². The second-order valence-corrected chi connectivity index (χ2v) is 6.47. The first-order valence-corrected chi connectivity index (χ1v) is 7.94. The number of amides is 1. The number of anilines is 1. The second kappa shape index (κ2) is 5.62. The van der Waals surface area contributed by atoms with Crippen LogP contribution in [0.3, 0.4) is 0 Å².